The zero-order valence-corrected chi connectivity index (χ0v) is 14.2. The molecule has 1 amide bonds. The molecule has 3 N–H and O–H groups in total. The highest BCUT2D eigenvalue weighted by Gasteiger charge is 2.35. The van der Waals surface area contributed by atoms with E-state index < -0.39 is 5.54 Å². The van der Waals surface area contributed by atoms with Gasteiger partial charge in [0.15, 0.2) is 0 Å². The highest BCUT2D eigenvalue weighted by atomic mass is 35.5. The predicted octanol–water partition coefficient (Wildman–Crippen LogP) is 2.71. The molecule has 1 aliphatic rings. The summed E-state index contributed by atoms with van der Waals surface area (Å²) in [5, 5.41) is 5.99. The topological polar surface area (TPSA) is 68.0 Å². The lowest BCUT2D eigenvalue weighted by Gasteiger charge is -2.27. The largest absolute Gasteiger partial charge is 0.344 e. The summed E-state index contributed by atoms with van der Waals surface area (Å²) >= 11 is 1.57. The third kappa shape index (κ3) is 4.32. The molecule has 0 spiro atoms. The van der Waals surface area contributed by atoms with Gasteiger partial charge >= 0.3 is 0 Å². The maximum atomic E-state index is 12.3. The van der Waals surface area contributed by atoms with Crippen molar-refractivity contribution in [2.45, 2.75) is 38.6 Å². The SMILES string of the molecule is CC(C)(NC(=O)[C@@H]1CCC[C@@H]1CN)c1nccs1.Cl.Cl. The average molecular weight is 340 g/mol. The van der Waals surface area contributed by atoms with Crippen molar-refractivity contribution in [1.29, 1.82) is 0 Å². The van der Waals surface area contributed by atoms with Crippen molar-refractivity contribution in [3.63, 3.8) is 0 Å². The van der Waals surface area contributed by atoms with Crippen molar-refractivity contribution < 1.29 is 4.79 Å². The zero-order chi connectivity index (χ0) is 13.2. The number of nitrogens with two attached hydrogens (primary N) is 1. The summed E-state index contributed by atoms with van der Waals surface area (Å²) in [6.45, 7) is 4.60. The smallest absolute Gasteiger partial charge is 0.224 e. The van der Waals surface area contributed by atoms with Crippen molar-refractivity contribution in [3.05, 3.63) is 16.6 Å². The molecule has 1 saturated carbocycles. The van der Waals surface area contributed by atoms with Crippen LogP contribution in [0.4, 0.5) is 0 Å². The molecule has 0 bridgehead atoms. The van der Waals surface area contributed by atoms with Gasteiger partial charge in [-0.05, 0) is 39.2 Å². The molecule has 2 atom stereocenters. The van der Waals surface area contributed by atoms with E-state index in [1.807, 2.05) is 19.2 Å². The van der Waals surface area contributed by atoms with Crippen LogP contribution in [0, 0.1) is 11.8 Å². The normalized spacial score (nSPS) is 21.8. The lowest BCUT2D eigenvalue weighted by Crippen LogP contribution is -2.45. The summed E-state index contributed by atoms with van der Waals surface area (Å²) in [5.41, 5.74) is 5.33. The Balaban J connectivity index is 0.00000180. The summed E-state index contributed by atoms with van der Waals surface area (Å²) in [7, 11) is 0. The average Bonchev–Trinajstić information content (AvgIpc) is 2.99. The first-order chi connectivity index (χ1) is 8.54. The highest BCUT2D eigenvalue weighted by molar-refractivity contribution is 7.09. The van der Waals surface area contributed by atoms with E-state index in [1.54, 1.807) is 17.5 Å². The van der Waals surface area contributed by atoms with Gasteiger partial charge in [-0.2, -0.15) is 0 Å². The van der Waals surface area contributed by atoms with Gasteiger partial charge in [-0.3, -0.25) is 4.79 Å². The monoisotopic (exact) mass is 339 g/mol. The third-order valence-electron chi connectivity index (χ3n) is 3.70. The number of nitrogens with zero attached hydrogens (tertiary/aromatic N) is 1. The maximum Gasteiger partial charge on any atom is 0.224 e. The van der Waals surface area contributed by atoms with Crippen molar-refractivity contribution >= 4 is 42.1 Å². The Labute approximate surface area is 136 Å². The van der Waals surface area contributed by atoms with Crippen LogP contribution >= 0.6 is 36.2 Å². The second kappa shape index (κ2) is 8.17. The van der Waals surface area contributed by atoms with Crippen LogP contribution < -0.4 is 11.1 Å². The minimum Gasteiger partial charge on any atom is -0.344 e. The van der Waals surface area contributed by atoms with E-state index in [0.29, 0.717) is 12.5 Å². The Morgan fingerprint density at radius 3 is 2.75 bits per heavy atom. The van der Waals surface area contributed by atoms with E-state index in [4.69, 9.17) is 5.73 Å². The minimum atomic E-state index is -0.396. The molecule has 1 aromatic rings. The van der Waals surface area contributed by atoms with Gasteiger partial charge in [0.2, 0.25) is 5.91 Å². The van der Waals surface area contributed by atoms with Crippen LogP contribution in [0.25, 0.3) is 0 Å². The molecule has 0 unspecified atom stereocenters. The van der Waals surface area contributed by atoms with Crippen LogP contribution in [0.5, 0.6) is 0 Å². The number of carbonyl (C=O) groups is 1. The zero-order valence-electron chi connectivity index (χ0n) is 11.8. The van der Waals surface area contributed by atoms with Crippen LogP contribution in [0.15, 0.2) is 11.6 Å². The number of halogens is 2. The van der Waals surface area contributed by atoms with Gasteiger partial charge in [0.05, 0.1) is 5.54 Å². The number of hydrogen-bond acceptors (Lipinski definition) is 4. The standard InChI is InChI=1S/C13H21N3OS.2ClH/c1-13(2,12-15-6-7-18-12)16-11(17)10-5-3-4-9(10)8-14;;/h6-7,9-10H,3-5,8,14H2,1-2H3,(H,16,17);2*1H/t9-,10-;;/m1../s1. The van der Waals surface area contributed by atoms with E-state index in [0.717, 1.165) is 24.3 Å². The minimum absolute atomic E-state index is 0. The molecule has 0 aliphatic heterocycles. The van der Waals surface area contributed by atoms with Crippen LogP contribution in [-0.4, -0.2) is 17.4 Å². The Morgan fingerprint density at radius 1 is 1.50 bits per heavy atom. The van der Waals surface area contributed by atoms with Gasteiger partial charge in [-0.1, -0.05) is 6.42 Å². The number of amides is 1. The van der Waals surface area contributed by atoms with E-state index in [9.17, 15) is 4.79 Å². The second-order valence-corrected chi connectivity index (χ2v) is 6.38. The number of thiazole rings is 1. The Morgan fingerprint density at radius 2 is 2.20 bits per heavy atom. The van der Waals surface area contributed by atoms with Gasteiger partial charge in [0.25, 0.3) is 0 Å². The Hall–Kier alpha value is -0.360. The maximum absolute atomic E-state index is 12.3. The molecule has 1 aromatic heterocycles. The van der Waals surface area contributed by atoms with Crippen LogP contribution in [-0.2, 0) is 10.3 Å². The van der Waals surface area contributed by atoms with Gasteiger partial charge < -0.3 is 11.1 Å². The molecule has 0 saturated heterocycles. The molecule has 0 radical (unpaired) electrons. The quantitative estimate of drug-likeness (QED) is 0.886. The molecule has 7 heteroatoms. The highest BCUT2D eigenvalue weighted by Crippen LogP contribution is 2.32. The van der Waals surface area contributed by atoms with E-state index in [1.165, 1.54) is 0 Å². The first-order valence-corrected chi connectivity index (χ1v) is 7.34. The summed E-state index contributed by atoms with van der Waals surface area (Å²) < 4.78 is 0. The molecule has 1 heterocycles. The van der Waals surface area contributed by atoms with Gasteiger partial charge in [0.1, 0.15) is 5.01 Å². The summed E-state index contributed by atoms with van der Waals surface area (Å²) in [5.74, 6) is 0.550. The fourth-order valence-corrected chi connectivity index (χ4v) is 3.37. The van der Waals surface area contributed by atoms with Crippen molar-refractivity contribution in [3.8, 4) is 0 Å². The van der Waals surface area contributed by atoms with Crippen LogP contribution in [0.3, 0.4) is 0 Å². The van der Waals surface area contributed by atoms with Gasteiger partial charge in [-0.15, -0.1) is 36.2 Å². The van der Waals surface area contributed by atoms with E-state index in [2.05, 4.69) is 10.3 Å². The molecule has 4 nitrogen and oxygen atoms in total. The van der Waals surface area contributed by atoms with Crippen molar-refractivity contribution in [2.75, 3.05) is 6.54 Å². The number of aromatic nitrogens is 1. The molecule has 2 rings (SSSR count). The van der Waals surface area contributed by atoms with Crippen molar-refractivity contribution in [2.24, 2.45) is 17.6 Å². The Bertz CT molecular complexity index is 412. The van der Waals surface area contributed by atoms with E-state index >= 15 is 0 Å². The fourth-order valence-electron chi connectivity index (χ4n) is 2.65. The number of nitrogens with one attached hydrogen (secondary N) is 1. The summed E-state index contributed by atoms with van der Waals surface area (Å²) in [4.78, 5) is 16.6. The number of rotatable bonds is 4. The van der Waals surface area contributed by atoms with Gasteiger partial charge in [0, 0.05) is 17.5 Å². The molecule has 20 heavy (non-hydrogen) atoms. The summed E-state index contributed by atoms with van der Waals surface area (Å²) in [6.07, 6.45) is 4.91. The molecule has 1 aliphatic carbocycles. The van der Waals surface area contributed by atoms with E-state index in [-0.39, 0.29) is 36.6 Å². The number of hydrogen-bond donors (Lipinski definition) is 2. The third-order valence-corrected chi connectivity index (χ3v) is 4.80. The first-order valence-electron chi connectivity index (χ1n) is 6.46. The van der Waals surface area contributed by atoms with Gasteiger partial charge in [-0.25, -0.2) is 4.98 Å². The number of carbonyl (C=O) groups excluding carboxylic acids is 1. The van der Waals surface area contributed by atoms with Crippen molar-refractivity contribution in [1.82, 2.24) is 10.3 Å². The first kappa shape index (κ1) is 19.6. The van der Waals surface area contributed by atoms with Crippen LogP contribution in [0.1, 0.15) is 38.1 Å². The predicted molar refractivity (Wildman–Crippen MR) is 87.7 cm³/mol. The molecule has 0 aromatic carbocycles. The lowest BCUT2D eigenvalue weighted by molar-refractivity contribution is -0.127. The molecular formula is C13H23Cl2N3OS. The summed E-state index contributed by atoms with van der Waals surface area (Å²) in [6, 6.07) is 0. The Kier molecular flexibility index (Phi) is 8.03. The fraction of sp³-hybridized carbons (Fsp3) is 0.692. The van der Waals surface area contributed by atoms with Crippen LogP contribution in [0.2, 0.25) is 0 Å². The molecule has 1 fully saturated rings. The molecular weight excluding hydrogens is 317 g/mol. The molecule has 116 valence electrons. The second-order valence-electron chi connectivity index (χ2n) is 5.48. The lowest BCUT2D eigenvalue weighted by atomic mass is 9.94.